The molecular formula is C15H24N4S2. The lowest BCUT2D eigenvalue weighted by molar-refractivity contribution is 0.358. The van der Waals surface area contributed by atoms with Crippen molar-refractivity contribution in [1.29, 1.82) is 0 Å². The number of aryl methyl sites for hydroxylation is 2. The minimum Gasteiger partial charge on any atom is -0.328 e. The van der Waals surface area contributed by atoms with Gasteiger partial charge in [-0.1, -0.05) is 19.3 Å². The molecule has 1 aliphatic carbocycles. The summed E-state index contributed by atoms with van der Waals surface area (Å²) in [7, 11) is 0. The Bertz CT molecular complexity index is 688. The van der Waals surface area contributed by atoms with Gasteiger partial charge in [0.2, 0.25) is 0 Å². The van der Waals surface area contributed by atoms with Crippen molar-refractivity contribution in [2.75, 3.05) is 6.26 Å². The van der Waals surface area contributed by atoms with Crippen LogP contribution in [0.4, 0.5) is 0 Å². The van der Waals surface area contributed by atoms with Crippen LogP contribution in [-0.4, -0.2) is 30.3 Å². The third kappa shape index (κ3) is 2.57. The number of nitrogens with one attached hydrogen (secondary N) is 1. The highest BCUT2D eigenvalue weighted by atomic mass is 32.2. The van der Waals surface area contributed by atoms with E-state index in [9.17, 15) is 0 Å². The molecule has 2 aromatic rings. The number of fused-ring (bicyclic) bond motifs is 1. The lowest BCUT2D eigenvalue weighted by atomic mass is 9.88. The van der Waals surface area contributed by atoms with Crippen LogP contribution in [0.2, 0.25) is 0 Å². The predicted molar refractivity (Wildman–Crippen MR) is 92.6 cm³/mol. The van der Waals surface area contributed by atoms with Gasteiger partial charge in [0.15, 0.2) is 10.4 Å². The Hall–Kier alpha value is -0.750. The van der Waals surface area contributed by atoms with Crippen molar-refractivity contribution in [3.05, 3.63) is 10.5 Å². The number of hydrogen-bond acceptors (Lipinski definition) is 3. The number of rotatable bonds is 4. The molecule has 0 amide bonds. The van der Waals surface area contributed by atoms with E-state index in [1.165, 1.54) is 37.8 Å². The molecular weight excluding hydrogens is 300 g/mol. The maximum atomic E-state index is 5.60. The molecule has 1 saturated carbocycles. The van der Waals surface area contributed by atoms with Crippen molar-refractivity contribution in [3.8, 4) is 0 Å². The number of H-pyrrole nitrogens is 1. The van der Waals surface area contributed by atoms with Crippen LogP contribution in [0.5, 0.6) is 0 Å². The van der Waals surface area contributed by atoms with E-state index in [0.717, 1.165) is 29.1 Å². The number of imidazole rings is 1. The van der Waals surface area contributed by atoms with Gasteiger partial charge in [0.25, 0.3) is 0 Å². The Morgan fingerprint density at radius 1 is 1.33 bits per heavy atom. The largest absolute Gasteiger partial charge is 0.328 e. The first-order valence-electron chi connectivity index (χ1n) is 7.81. The van der Waals surface area contributed by atoms with E-state index in [-0.39, 0.29) is 0 Å². The Morgan fingerprint density at radius 3 is 2.67 bits per heavy atom. The number of nitrogens with zero attached hydrogens (tertiary/aromatic N) is 3. The Morgan fingerprint density at radius 2 is 2.05 bits per heavy atom. The van der Waals surface area contributed by atoms with Crippen LogP contribution < -0.4 is 0 Å². The highest BCUT2D eigenvalue weighted by Crippen LogP contribution is 2.40. The number of aromatic nitrogens is 4. The molecule has 1 fully saturated rings. The molecule has 0 unspecified atom stereocenters. The first kappa shape index (κ1) is 15.2. The average molecular weight is 325 g/mol. The molecule has 0 spiro atoms. The van der Waals surface area contributed by atoms with Gasteiger partial charge in [-0.05, 0) is 45.2 Å². The first-order chi connectivity index (χ1) is 10.1. The molecule has 3 rings (SSSR count). The monoisotopic (exact) mass is 324 g/mol. The van der Waals surface area contributed by atoms with E-state index < -0.39 is 0 Å². The molecule has 21 heavy (non-hydrogen) atoms. The van der Waals surface area contributed by atoms with Gasteiger partial charge in [-0.15, -0.1) is 0 Å². The van der Waals surface area contributed by atoms with Crippen LogP contribution >= 0.6 is 24.0 Å². The quantitative estimate of drug-likeness (QED) is 0.853. The topological polar surface area (TPSA) is 38.5 Å². The minimum absolute atomic E-state index is 0.336. The van der Waals surface area contributed by atoms with Gasteiger partial charge in [-0.3, -0.25) is 0 Å². The van der Waals surface area contributed by atoms with Crippen molar-refractivity contribution >= 4 is 35.1 Å². The molecule has 2 heterocycles. The SMILES string of the molecule is CCn1nc(C)c2[nH]c(=S)n(CC3(SC)CCCCC3)c21. The molecule has 0 aromatic carbocycles. The zero-order valence-corrected chi connectivity index (χ0v) is 14.7. The van der Waals surface area contributed by atoms with Gasteiger partial charge >= 0.3 is 0 Å². The van der Waals surface area contributed by atoms with Gasteiger partial charge < -0.3 is 9.55 Å². The number of thioether (sulfide) groups is 1. The van der Waals surface area contributed by atoms with E-state index >= 15 is 0 Å². The van der Waals surface area contributed by atoms with Crippen LogP contribution in [0.1, 0.15) is 44.7 Å². The molecule has 116 valence electrons. The average Bonchev–Trinajstić information content (AvgIpc) is 2.98. The minimum atomic E-state index is 0.336. The smallest absolute Gasteiger partial charge is 0.179 e. The summed E-state index contributed by atoms with van der Waals surface area (Å²) in [6.45, 7) is 6.06. The zero-order chi connectivity index (χ0) is 15.0. The third-order valence-electron chi connectivity index (χ3n) is 4.78. The number of aromatic amines is 1. The number of hydrogen-bond donors (Lipinski definition) is 1. The molecule has 0 saturated heterocycles. The second kappa shape index (κ2) is 5.80. The van der Waals surface area contributed by atoms with Crippen molar-refractivity contribution in [3.63, 3.8) is 0 Å². The summed E-state index contributed by atoms with van der Waals surface area (Å²) in [6, 6.07) is 0. The lowest BCUT2D eigenvalue weighted by Crippen LogP contribution is -2.33. The van der Waals surface area contributed by atoms with Crippen molar-refractivity contribution in [2.45, 2.75) is 63.8 Å². The van der Waals surface area contributed by atoms with Gasteiger partial charge in [0, 0.05) is 17.8 Å². The van der Waals surface area contributed by atoms with Crippen molar-refractivity contribution in [2.24, 2.45) is 0 Å². The highest BCUT2D eigenvalue weighted by molar-refractivity contribution is 8.00. The fourth-order valence-corrected chi connectivity index (χ4v) is 4.75. The van der Waals surface area contributed by atoms with Crippen molar-refractivity contribution in [1.82, 2.24) is 19.3 Å². The summed E-state index contributed by atoms with van der Waals surface area (Å²) in [5.74, 6) is 0. The molecule has 0 radical (unpaired) electrons. The summed E-state index contributed by atoms with van der Waals surface area (Å²) >= 11 is 7.62. The molecule has 1 aliphatic rings. The van der Waals surface area contributed by atoms with Gasteiger partial charge in [0.1, 0.15) is 5.52 Å². The molecule has 0 aliphatic heterocycles. The van der Waals surface area contributed by atoms with Crippen LogP contribution in [-0.2, 0) is 13.1 Å². The summed E-state index contributed by atoms with van der Waals surface area (Å²) in [5, 5.41) is 4.62. The normalized spacial score (nSPS) is 18.4. The maximum Gasteiger partial charge on any atom is 0.179 e. The summed E-state index contributed by atoms with van der Waals surface area (Å²) in [5.41, 5.74) is 3.31. The maximum absolute atomic E-state index is 5.60. The molecule has 0 bridgehead atoms. The van der Waals surface area contributed by atoms with Gasteiger partial charge in [0.05, 0.1) is 5.69 Å². The van der Waals surface area contributed by atoms with E-state index in [4.69, 9.17) is 12.2 Å². The molecule has 6 heteroatoms. The van der Waals surface area contributed by atoms with Crippen molar-refractivity contribution < 1.29 is 0 Å². The standard InChI is InChI=1S/C15H24N4S2/c1-4-19-13-12(11(2)17-19)16-14(20)18(13)10-15(21-3)8-6-5-7-9-15/h4-10H2,1-3H3,(H,16,20). The first-order valence-corrected chi connectivity index (χ1v) is 9.44. The van der Waals surface area contributed by atoms with Crippen LogP contribution in [0, 0.1) is 11.7 Å². The lowest BCUT2D eigenvalue weighted by Gasteiger charge is -2.36. The summed E-state index contributed by atoms with van der Waals surface area (Å²) < 4.78 is 5.54. The Labute approximate surface area is 135 Å². The van der Waals surface area contributed by atoms with E-state index in [1.54, 1.807) is 0 Å². The van der Waals surface area contributed by atoms with E-state index in [2.05, 4.69) is 39.4 Å². The second-order valence-electron chi connectivity index (χ2n) is 6.06. The zero-order valence-electron chi connectivity index (χ0n) is 13.1. The van der Waals surface area contributed by atoms with Crippen LogP contribution in [0.25, 0.3) is 11.2 Å². The molecule has 4 nitrogen and oxygen atoms in total. The second-order valence-corrected chi connectivity index (χ2v) is 7.72. The molecule has 1 N–H and O–H groups in total. The van der Waals surface area contributed by atoms with E-state index in [0.29, 0.717) is 4.75 Å². The fourth-order valence-electron chi connectivity index (χ4n) is 3.54. The molecule has 2 aromatic heterocycles. The third-order valence-corrected chi connectivity index (χ3v) is 6.50. The Kier molecular flexibility index (Phi) is 4.19. The van der Waals surface area contributed by atoms with Crippen LogP contribution in [0.15, 0.2) is 0 Å². The van der Waals surface area contributed by atoms with Gasteiger partial charge in [-0.25, -0.2) is 4.68 Å². The summed E-state index contributed by atoms with van der Waals surface area (Å²) in [4.78, 5) is 3.37. The molecule has 0 atom stereocenters. The van der Waals surface area contributed by atoms with E-state index in [1.807, 2.05) is 11.8 Å². The van der Waals surface area contributed by atoms with Gasteiger partial charge in [-0.2, -0.15) is 16.9 Å². The predicted octanol–water partition coefficient (Wildman–Crippen LogP) is 4.29. The summed E-state index contributed by atoms with van der Waals surface area (Å²) in [6.07, 6.45) is 8.90. The highest BCUT2D eigenvalue weighted by Gasteiger charge is 2.33. The Balaban J connectivity index is 2.07. The van der Waals surface area contributed by atoms with Crippen LogP contribution in [0.3, 0.4) is 0 Å². The fraction of sp³-hybridized carbons (Fsp3) is 0.733.